The fraction of sp³-hybridized carbons (Fsp3) is 0.250. The molecule has 0 spiro atoms. The molecule has 1 saturated heterocycles. The number of halogens is 1. The van der Waals surface area contributed by atoms with E-state index in [9.17, 15) is 14.4 Å². The maximum atomic E-state index is 12.4. The Hall–Kier alpha value is -2.66. The summed E-state index contributed by atoms with van der Waals surface area (Å²) >= 11 is 6.15. The van der Waals surface area contributed by atoms with Gasteiger partial charge in [-0.2, -0.15) is 0 Å². The second-order valence-corrected chi connectivity index (χ2v) is 6.78. The first-order valence-corrected chi connectivity index (χ1v) is 8.75. The van der Waals surface area contributed by atoms with Gasteiger partial charge in [0, 0.05) is 35.7 Å². The van der Waals surface area contributed by atoms with Gasteiger partial charge in [-0.25, -0.2) is 0 Å². The van der Waals surface area contributed by atoms with E-state index in [1.165, 1.54) is 6.92 Å². The van der Waals surface area contributed by atoms with E-state index in [0.717, 1.165) is 5.56 Å². The summed E-state index contributed by atoms with van der Waals surface area (Å²) in [6.07, 6.45) is 0.266. The van der Waals surface area contributed by atoms with E-state index in [-0.39, 0.29) is 30.1 Å². The number of amides is 2. The van der Waals surface area contributed by atoms with Gasteiger partial charge in [0.1, 0.15) is 0 Å². The minimum Gasteiger partial charge on any atom is -0.347 e. The molecule has 1 N–H and O–H groups in total. The summed E-state index contributed by atoms with van der Waals surface area (Å²) in [6.45, 7) is 2.35. The van der Waals surface area contributed by atoms with Crippen molar-refractivity contribution in [3.05, 3.63) is 70.2 Å². The average Bonchev–Trinajstić information content (AvgIpc) is 2.96. The highest BCUT2D eigenvalue weighted by Gasteiger charge is 2.31. The lowest BCUT2D eigenvalue weighted by Gasteiger charge is -2.18. The van der Waals surface area contributed by atoms with E-state index >= 15 is 0 Å². The van der Waals surface area contributed by atoms with Crippen LogP contribution in [0.2, 0.25) is 5.02 Å². The van der Waals surface area contributed by atoms with Crippen LogP contribution in [0.4, 0.5) is 0 Å². The molecule has 5 nitrogen and oxygen atoms in total. The first-order chi connectivity index (χ1) is 12.4. The molecular formula is C20H19ClN2O3. The maximum Gasteiger partial charge on any atom is 0.251 e. The summed E-state index contributed by atoms with van der Waals surface area (Å²) in [5.41, 5.74) is 1.91. The van der Waals surface area contributed by atoms with Crippen LogP contribution in [0.3, 0.4) is 0 Å². The SMILES string of the molecule is CC(=O)c1ccc(C(=O)NC2CC(=O)N(Cc3ccccc3Cl)C2)cc1. The Labute approximate surface area is 156 Å². The number of likely N-dealkylation sites (tertiary alicyclic amines) is 1. The first kappa shape index (κ1) is 18.1. The van der Waals surface area contributed by atoms with Crippen molar-refractivity contribution in [1.29, 1.82) is 0 Å². The Balaban J connectivity index is 1.61. The van der Waals surface area contributed by atoms with Crippen molar-refractivity contribution in [1.82, 2.24) is 10.2 Å². The number of carbonyl (C=O) groups is 3. The van der Waals surface area contributed by atoms with Crippen LogP contribution in [0.1, 0.15) is 39.6 Å². The third-order valence-electron chi connectivity index (χ3n) is 4.42. The van der Waals surface area contributed by atoms with Crippen LogP contribution in [-0.4, -0.2) is 35.1 Å². The zero-order valence-corrected chi connectivity index (χ0v) is 15.1. The molecule has 26 heavy (non-hydrogen) atoms. The molecule has 134 valence electrons. The zero-order valence-electron chi connectivity index (χ0n) is 14.4. The Bertz CT molecular complexity index is 848. The number of rotatable bonds is 5. The van der Waals surface area contributed by atoms with Gasteiger partial charge in [0.05, 0.1) is 6.04 Å². The molecule has 2 amide bonds. The normalized spacial score (nSPS) is 16.6. The van der Waals surface area contributed by atoms with Crippen molar-refractivity contribution in [2.24, 2.45) is 0 Å². The monoisotopic (exact) mass is 370 g/mol. The van der Waals surface area contributed by atoms with Gasteiger partial charge >= 0.3 is 0 Å². The Morgan fingerprint density at radius 3 is 2.42 bits per heavy atom. The van der Waals surface area contributed by atoms with Gasteiger partial charge in [0.25, 0.3) is 5.91 Å². The molecule has 1 atom stereocenters. The van der Waals surface area contributed by atoms with Gasteiger partial charge in [-0.05, 0) is 30.7 Å². The molecule has 1 unspecified atom stereocenters. The number of hydrogen-bond acceptors (Lipinski definition) is 3. The van der Waals surface area contributed by atoms with Crippen LogP contribution in [0.5, 0.6) is 0 Å². The van der Waals surface area contributed by atoms with Gasteiger partial charge in [0.15, 0.2) is 5.78 Å². The number of benzene rings is 2. The second kappa shape index (κ2) is 7.70. The van der Waals surface area contributed by atoms with Crippen molar-refractivity contribution in [3.63, 3.8) is 0 Å². The van der Waals surface area contributed by atoms with E-state index < -0.39 is 0 Å². The molecule has 2 aromatic rings. The lowest BCUT2D eigenvalue weighted by atomic mass is 10.1. The van der Waals surface area contributed by atoms with Crippen molar-refractivity contribution >= 4 is 29.2 Å². The van der Waals surface area contributed by atoms with E-state index in [0.29, 0.717) is 29.2 Å². The van der Waals surface area contributed by atoms with Gasteiger partial charge in [-0.15, -0.1) is 0 Å². The van der Waals surface area contributed by atoms with Crippen LogP contribution < -0.4 is 5.32 Å². The number of Topliss-reactive ketones (excluding diaryl/α,β-unsaturated/α-hetero) is 1. The minimum absolute atomic E-state index is 0.0119. The molecule has 0 radical (unpaired) electrons. The van der Waals surface area contributed by atoms with Gasteiger partial charge < -0.3 is 10.2 Å². The molecule has 0 aliphatic carbocycles. The molecule has 0 aromatic heterocycles. The summed E-state index contributed by atoms with van der Waals surface area (Å²) < 4.78 is 0. The Morgan fingerprint density at radius 2 is 1.77 bits per heavy atom. The summed E-state index contributed by atoms with van der Waals surface area (Å²) in [5, 5.41) is 3.51. The predicted octanol–water partition coefficient (Wildman–Crippen LogP) is 3.07. The van der Waals surface area contributed by atoms with E-state index in [2.05, 4.69) is 5.32 Å². The summed E-state index contributed by atoms with van der Waals surface area (Å²) in [4.78, 5) is 37.6. The van der Waals surface area contributed by atoms with Gasteiger partial charge in [0.2, 0.25) is 5.91 Å². The van der Waals surface area contributed by atoms with Crippen molar-refractivity contribution < 1.29 is 14.4 Å². The molecular weight excluding hydrogens is 352 g/mol. The number of nitrogens with one attached hydrogen (secondary N) is 1. The van der Waals surface area contributed by atoms with Crippen LogP contribution in [-0.2, 0) is 11.3 Å². The minimum atomic E-state index is -0.252. The largest absolute Gasteiger partial charge is 0.347 e. The van der Waals surface area contributed by atoms with Crippen LogP contribution in [0.15, 0.2) is 48.5 Å². The maximum absolute atomic E-state index is 12.4. The highest BCUT2D eigenvalue weighted by atomic mass is 35.5. The zero-order chi connectivity index (χ0) is 18.7. The van der Waals surface area contributed by atoms with Gasteiger partial charge in [-0.3, -0.25) is 14.4 Å². The quantitative estimate of drug-likeness (QED) is 0.822. The molecule has 3 rings (SSSR count). The van der Waals surface area contributed by atoms with Crippen LogP contribution >= 0.6 is 11.6 Å². The lowest BCUT2D eigenvalue weighted by Crippen LogP contribution is -2.37. The third-order valence-corrected chi connectivity index (χ3v) is 4.79. The summed E-state index contributed by atoms with van der Waals surface area (Å²) in [5.74, 6) is -0.312. The standard InChI is InChI=1S/C20H19ClN2O3/c1-13(24)14-6-8-15(9-7-14)20(26)22-17-10-19(25)23(12-17)11-16-4-2-3-5-18(16)21/h2-9,17H,10-12H2,1H3,(H,22,26). The number of hydrogen-bond donors (Lipinski definition) is 1. The highest BCUT2D eigenvalue weighted by molar-refractivity contribution is 6.31. The number of ketones is 1. The fourth-order valence-electron chi connectivity index (χ4n) is 2.98. The van der Waals surface area contributed by atoms with Crippen LogP contribution in [0, 0.1) is 0 Å². The Morgan fingerprint density at radius 1 is 1.12 bits per heavy atom. The molecule has 1 fully saturated rings. The highest BCUT2D eigenvalue weighted by Crippen LogP contribution is 2.21. The van der Waals surface area contributed by atoms with E-state index in [1.807, 2.05) is 18.2 Å². The number of carbonyl (C=O) groups excluding carboxylic acids is 3. The number of nitrogens with zero attached hydrogens (tertiary/aromatic N) is 1. The first-order valence-electron chi connectivity index (χ1n) is 8.37. The molecule has 1 heterocycles. The smallest absolute Gasteiger partial charge is 0.251 e. The van der Waals surface area contributed by atoms with Crippen LogP contribution in [0.25, 0.3) is 0 Å². The Kier molecular flexibility index (Phi) is 5.38. The van der Waals surface area contributed by atoms with E-state index in [1.54, 1.807) is 35.2 Å². The van der Waals surface area contributed by atoms with Crippen molar-refractivity contribution in [2.75, 3.05) is 6.54 Å². The topological polar surface area (TPSA) is 66.5 Å². The molecule has 0 saturated carbocycles. The van der Waals surface area contributed by atoms with Crippen molar-refractivity contribution in [2.45, 2.75) is 25.9 Å². The molecule has 0 bridgehead atoms. The summed E-state index contributed by atoms with van der Waals surface area (Å²) in [7, 11) is 0. The molecule has 1 aliphatic heterocycles. The molecule has 2 aromatic carbocycles. The second-order valence-electron chi connectivity index (χ2n) is 6.37. The predicted molar refractivity (Wildman–Crippen MR) is 99.2 cm³/mol. The lowest BCUT2D eigenvalue weighted by molar-refractivity contribution is -0.128. The molecule has 6 heteroatoms. The summed E-state index contributed by atoms with van der Waals surface area (Å²) in [6, 6.07) is 13.6. The van der Waals surface area contributed by atoms with E-state index in [4.69, 9.17) is 11.6 Å². The van der Waals surface area contributed by atoms with Crippen molar-refractivity contribution in [3.8, 4) is 0 Å². The molecule has 1 aliphatic rings. The third kappa shape index (κ3) is 4.11. The van der Waals surface area contributed by atoms with Gasteiger partial charge in [-0.1, -0.05) is 41.9 Å². The average molecular weight is 371 g/mol. The fourth-order valence-corrected chi connectivity index (χ4v) is 3.17.